The van der Waals surface area contributed by atoms with Crippen molar-refractivity contribution in [2.45, 2.75) is 12.2 Å². The van der Waals surface area contributed by atoms with Gasteiger partial charge in [0.1, 0.15) is 0 Å². The van der Waals surface area contributed by atoms with E-state index in [0.29, 0.717) is 15.2 Å². The van der Waals surface area contributed by atoms with E-state index >= 15 is 0 Å². The Balaban J connectivity index is 2.45. The Labute approximate surface area is 50.6 Å². The number of hydrogen-bond donors (Lipinski definition) is 0. The fourth-order valence-electron chi connectivity index (χ4n) is 0.678. The molecule has 1 aliphatic carbocycles. The molecule has 0 nitrogen and oxygen atoms in total. The van der Waals surface area contributed by atoms with Crippen LogP contribution in [0.1, 0.15) is 6.42 Å². The van der Waals surface area contributed by atoms with E-state index in [2.05, 4.69) is 24.0 Å². The summed E-state index contributed by atoms with van der Waals surface area (Å²) < 4.78 is 1.64. The fraction of sp³-hybridized carbons (Fsp3) is 0.333. The maximum atomic E-state index is 2.28. The number of allylic oxidation sites excluding steroid dienone is 4. The van der Waals surface area contributed by atoms with E-state index in [1.54, 1.807) is 4.44 Å². The summed E-state index contributed by atoms with van der Waals surface area (Å²) in [6.07, 6.45) is 7.82. The van der Waals surface area contributed by atoms with Crippen molar-refractivity contribution in [3.63, 3.8) is 0 Å². The molecule has 7 heavy (non-hydrogen) atoms. The molecule has 0 bridgehead atoms. The van der Waals surface area contributed by atoms with Gasteiger partial charge in [-0.3, -0.25) is 0 Å². The van der Waals surface area contributed by atoms with E-state index in [4.69, 9.17) is 0 Å². The van der Waals surface area contributed by atoms with Crippen LogP contribution in [-0.4, -0.2) is 15.2 Å². The molecule has 0 aromatic rings. The van der Waals surface area contributed by atoms with Crippen LogP contribution >= 0.6 is 0 Å². The fourth-order valence-corrected chi connectivity index (χ4v) is 1.35. The molecule has 0 aromatic carbocycles. The van der Waals surface area contributed by atoms with Crippen LogP contribution in [-0.2, 0) is 0 Å². The Morgan fingerprint density at radius 1 is 1.71 bits per heavy atom. The molecule has 35 valence electrons. The minimum Gasteiger partial charge on any atom is -0.141 e. The highest BCUT2D eigenvalue weighted by atomic mass is 27.1. The minimum atomic E-state index is 0.600. The molecule has 0 fully saturated rings. The molecule has 1 heteroatoms. The Morgan fingerprint density at radius 3 is 2.86 bits per heavy atom. The van der Waals surface area contributed by atoms with Gasteiger partial charge in [-0.2, -0.15) is 0 Å². The summed E-state index contributed by atoms with van der Waals surface area (Å²) in [4.78, 5) is 0. The highest BCUT2D eigenvalue weighted by Crippen LogP contribution is 2.06. The summed E-state index contributed by atoms with van der Waals surface area (Å²) in [6.45, 7) is 0. The molecule has 0 N–H and O–H groups in total. The molecule has 1 rings (SSSR count). The van der Waals surface area contributed by atoms with Gasteiger partial charge in [0.15, 0.2) is 0 Å². The molecular formula is C6H8Al. The molecule has 0 aromatic heterocycles. The SMILES string of the molecule is [CH3][Al][C]1=CC=CC1. The third-order valence-corrected chi connectivity index (χ3v) is 2.34. The van der Waals surface area contributed by atoms with Gasteiger partial charge in [-0.25, -0.2) is 0 Å². The van der Waals surface area contributed by atoms with Crippen molar-refractivity contribution in [3.05, 3.63) is 22.7 Å². The maximum Gasteiger partial charge on any atom is 0.240 e. The average Bonchev–Trinajstić information content (AvgIpc) is 2.14. The smallest absolute Gasteiger partial charge is 0.141 e. The van der Waals surface area contributed by atoms with Gasteiger partial charge in [0, 0.05) is 0 Å². The average molecular weight is 107 g/mol. The van der Waals surface area contributed by atoms with E-state index in [0.717, 1.165) is 0 Å². The van der Waals surface area contributed by atoms with Crippen molar-refractivity contribution >= 4 is 15.2 Å². The second-order valence-corrected chi connectivity index (χ2v) is 2.98. The number of rotatable bonds is 1. The first-order valence-electron chi connectivity index (χ1n) is 2.58. The third kappa shape index (κ3) is 1.19. The maximum absolute atomic E-state index is 2.28. The van der Waals surface area contributed by atoms with E-state index in [1.807, 2.05) is 0 Å². The van der Waals surface area contributed by atoms with Crippen LogP contribution in [0.25, 0.3) is 0 Å². The zero-order chi connectivity index (χ0) is 5.11. The minimum absolute atomic E-state index is 0.600. The van der Waals surface area contributed by atoms with Gasteiger partial charge in [-0.05, 0) is 6.42 Å². The van der Waals surface area contributed by atoms with Crippen molar-refractivity contribution in [3.8, 4) is 0 Å². The highest BCUT2D eigenvalue weighted by molar-refractivity contribution is 6.43. The van der Waals surface area contributed by atoms with Crippen molar-refractivity contribution in [2.75, 3.05) is 0 Å². The second-order valence-electron chi connectivity index (χ2n) is 1.66. The van der Waals surface area contributed by atoms with Gasteiger partial charge in [0.2, 0.25) is 15.2 Å². The second kappa shape index (κ2) is 2.35. The molecule has 0 heterocycles. The summed E-state index contributed by atoms with van der Waals surface area (Å²) >= 11 is 0.600. The lowest BCUT2D eigenvalue weighted by Gasteiger charge is -1.86. The van der Waals surface area contributed by atoms with Crippen LogP contribution in [0, 0.1) is 0 Å². The normalized spacial score (nSPS) is 17.0. The van der Waals surface area contributed by atoms with Crippen molar-refractivity contribution in [1.29, 1.82) is 0 Å². The molecule has 0 unspecified atom stereocenters. The molecule has 0 saturated carbocycles. The zero-order valence-electron chi connectivity index (χ0n) is 4.52. The van der Waals surface area contributed by atoms with Crippen molar-refractivity contribution < 1.29 is 0 Å². The predicted molar refractivity (Wildman–Crippen MR) is 33.5 cm³/mol. The Kier molecular flexibility index (Phi) is 1.73. The molecule has 1 aliphatic rings. The summed E-state index contributed by atoms with van der Waals surface area (Å²) in [5.41, 5.74) is 0. The van der Waals surface area contributed by atoms with Gasteiger partial charge in [-0.15, -0.1) is 10.2 Å². The summed E-state index contributed by atoms with van der Waals surface area (Å²) in [6, 6.07) is 0. The topological polar surface area (TPSA) is 0 Å². The van der Waals surface area contributed by atoms with E-state index in [-0.39, 0.29) is 0 Å². The lowest BCUT2D eigenvalue weighted by Crippen LogP contribution is -1.83. The lowest BCUT2D eigenvalue weighted by molar-refractivity contribution is 1.40. The Bertz CT molecular complexity index is 111. The van der Waals surface area contributed by atoms with Crippen LogP contribution in [0.5, 0.6) is 0 Å². The van der Waals surface area contributed by atoms with Gasteiger partial charge in [0.05, 0.1) is 0 Å². The first-order chi connectivity index (χ1) is 3.43. The molecule has 1 radical (unpaired) electrons. The summed E-state index contributed by atoms with van der Waals surface area (Å²) in [5, 5.41) is 0. The first-order valence-corrected chi connectivity index (χ1v) is 4.32. The van der Waals surface area contributed by atoms with Crippen molar-refractivity contribution in [1.82, 2.24) is 0 Å². The largest absolute Gasteiger partial charge is 0.240 e. The molecule has 0 saturated heterocycles. The Hall–Kier alpha value is 0.0125. The summed E-state index contributed by atoms with van der Waals surface area (Å²) in [5.74, 6) is 2.28. The molecule has 0 atom stereocenters. The monoisotopic (exact) mass is 107 g/mol. The quantitative estimate of drug-likeness (QED) is 0.446. The van der Waals surface area contributed by atoms with Gasteiger partial charge in [0.25, 0.3) is 0 Å². The highest BCUT2D eigenvalue weighted by Gasteiger charge is 1.93. The van der Waals surface area contributed by atoms with Crippen LogP contribution in [0.4, 0.5) is 0 Å². The standard InChI is InChI=1S/C5H5.CH3.Al/c1-2-4-5-3-1;;/h1-3H,4H2;1H3;. The van der Waals surface area contributed by atoms with E-state index in [1.165, 1.54) is 6.42 Å². The number of hydrogen-bond acceptors (Lipinski definition) is 0. The molecule has 0 aliphatic heterocycles. The van der Waals surface area contributed by atoms with Gasteiger partial charge in [-0.1, -0.05) is 18.2 Å². The molecule has 0 spiro atoms. The Morgan fingerprint density at radius 2 is 2.57 bits per heavy atom. The van der Waals surface area contributed by atoms with Crippen LogP contribution < -0.4 is 0 Å². The van der Waals surface area contributed by atoms with E-state index in [9.17, 15) is 0 Å². The van der Waals surface area contributed by atoms with Gasteiger partial charge < -0.3 is 0 Å². The van der Waals surface area contributed by atoms with Crippen LogP contribution in [0.15, 0.2) is 22.7 Å². The predicted octanol–water partition coefficient (Wildman–Crippen LogP) is 1.58. The van der Waals surface area contributed by atoms with Crippen molar-refractivity contribution in [2.24, 2.45) is 0 Å². The van der Waals surface area contributed by atoms with E-state index < -0.39 is 0 Å². The zero-order valence-corrected chi connectivity index (χ0v) is 5.67. The summed E-state index contributed by atoms with van der Waals surface area (Å²) in [7, 11) is 0. The van der Waals surface area contributed by atoms with Crippen LogP contribution in [0.2, 0.25) is 5.79 Å². The van der Waals surface area contributed by atoms with Crippen LogP contribution in [0.3, 0.4) is 0 Å². The lowest BCUT2D eigenvalue weighted by atomic mass is 10.5. The molecule has 0 amide bonds. The molecular weight excluding hydrogens is 99.0 g/mol. The van der Waals surface area contributed by atoms with Gasteiger partial charge >= 0.3 is 0 Å². The third-order valence-electron chi connectivity index (χ3n) is 1.17. The first kappa shape index (κ1) is 5.16.